The van der Waals surface area contributed by atoms with Gasteiger partial charge in [0.25, 0.3) is 0 Å². The Morgan fingerprint density at radius 2 is 2.06 bits per heavy atom. The van der Waals surface area contributed by atoms with Crippen molar-refractivity contribution < 1.29 is 9.90 Å². The van der Waals surface area contributed by atoms with Crippen LogP contribution in [0, 0.1) is 5.92 Å². The Bertz CT molecular complexity index is 368. The van der Waals surface area contributed by atoms with Crippen molar-refractivity contribution in [2.24, 2.45) is 5.92 Å². The standard InChI is InChI=1S/C12H16BrNO2/c1-8(12(15)16)7-14-9(2)10-5-3-4-6-11(10)13/h3-6,8-9,14H,7H2,1-2H3,(H,15,16)/t8?,9-/m1/s1. The first kappa shape index (κ1) is 13.2. The average Bonchev–Trinajstić information content (AvgIpc) is 2.25. The fraction of sp³-hybridized carbons (Fsp3) is 0.417. The molecule has 2 N–H and O–H groups in total. The van der Waals surface area contributed by atoms with Gasteiger partial charge >= 0.3 is 5.97 Å². The van der Waals surface area contributed by atoms with Gasteiger partial charge in [0.15, 0.2) is 0 Å². The lowest BCUT2D eigenvalue weighted by atomic mass is 10.1. The molecule has 1 aromatic rings. The number of carbonyl (C=O) groups is 1. The molecule has 0 amide bonds. The van der Waals surface area contributed by atoms with E-state index in [1.54, 1.807) is 6.92 Å². The van der Waals surface area contributed by atoms with Gasteiger partial charge in [0.05, 0.1) is 5.92 Å². The van der Waals surface area contributed by atoms with Crippen molar-refractivity contribution in [1.29, 1.82) is 0 Å². The van der Waals surface area contributed by atoms with Crippen LogP contribution in [0.1, 0.15) is 25.5 Å². The highest BCUT2D eigenvalue weighted by Gasteiger charge is 2.13. The molecule has 0 saturated carbocycles. The minimum atomic E-state index is -0.771. The largest absolute Gasteiger partial charge is 0.481 e. The average molecular weight is 286 g/mol. The van der Waals surface area contributed by atoms with Crippen molar-refractivity contribution in [3.05, 3.63) is 34.3 Å². The second-order valence-corrected chi connectivity index (χ2v) is 4.75. The van der Waals surface area contributed by atoms with E-state index in [0.29, 0.717) is 6.54 Å². The third kappa shape index (κ3) is 3.61. The molecular formula is C12H16BrNO2. The smallest absolute Gasteiger partial charge is 0.307 e. The first-order valence-electron chi connectivity index (χ1n) is 5.23. The van der Waals surface area contributed by atoms with Gasteiger partial charge < -0.3 is 10.4 Å². The molecule has 16 heavy (non-hydrogen) atoms. The Hall–Kier alpha value is -0.870. The van der Waals surface area contributed by atoms with Crippen molar-refractivity contribution in [3.63, 3.8) is 0 Å². The minimum absolute atomic E-state index is 0.136. The van der Waals surface area contributed by atoms with Crippen LogP contribution in [0.3, 0.4) is 0 Å². The first-order chi connectivity index (χ1) is 7.52. The third-order valence-electron chi connectivity index (χ3n) is 2.52. The van der Waals surface area contributed by atoms with Gasteiger partial charge in [-0.3, -0.25) is 4.79 Å². The van der Waals surface area contributed by atoms with E-state index in [9.17, 15) is 4.79 Å². The van der Waals surface area contributed by atoms with Crippen LogP contribution in [0.5, 0.6) is 0 Å². The summed E-state index contributed by atoms with van der Waals surface area (Å²) in [5.41, 5.74) is 1.14. The predicted octanol–water partition coefficient (Wildman–Crippen LogP) is 2.82. The van der Waals surface area contributed by atoms with Gasteiger partial charge in [-0.05, 0) is 18.6 Å². The molecular weight excluding hydrogens is 270 g/mol. The molecule has 0 aliphatic carbocycles. The van der Waals surface area contributed by atoms with E-state index in [4.69, 9.17) is 5.11 Å². The summed E-state index contributed by atoms with van der Waals surface area (Å²) in [5.74, 6) is -1.14. The molecule has 0 fully saturated rings. The number of benzene rings is 1. The molecule has 1 unspecified atom stereocenters. The number of hydrogen-bond donors (Lipinski definition) is 2. The van der Waals surface area contributed by atoms with Crippen LogP contribution >= 0.6 is 15.9 Å². The lowest BCUT2D eigenvalue weighted by Gasteiger charge is -2.17. The Balaban J connectivity index is 2.56. The number of halogens is 1. The lowest BCUT2D eigenvalue weighted by Crippen LogP contribution is -2.28. The van der Waals surface area contributed by atoms with Crippen molar-refractivity contribution in [2.75, 3.05) is 6.54 Å². The molecule has 0 spiro atoms. The molecule has 1 rings (SSSR count). The molecule has 0 saturated heterocycles. The van der Waals surface area contributed by atoms with Crippen LogP contribution in [0.2, 0.25) is 0 Å². The van der Waals surface area contributed by atoms with Crippen LogP contribution in [0.15, 0.2) is 28.7 Å². The molecule has 0 aliphatic rings. The fourth-order valence-electron chi connectivity index (χ4n) is 1.38. The molecule has 0 aliphatic heterocycles. The molecule has 88 valence electrons. The van der Waals surface area contributed by atoms with E-state index < -0.39 is 5.97 Å². The fourth-order valence-corrected chi connectivity index (χ4v) is 2.01. The van der Waals surface area contributed by atoms with Crippen molar-refractivity contribution in [2.45, 2.75) is 19.9 Å². The van der Waals surface area contributed by atoms with E-state index in [2.05, 4.69) is 21.2 Å². The number of rotatable bonds is 5. The summed E-state index contributed by atoms with van der Waals surface area (Å²) < 4.78 is 1.04. The van der Waals surface area contributed by atoms with Gasteiger partial charge in [-0.1, -0.05) is 41.1 Å². The quantitative estimate of drug-likeness (QED) is 0.875. The number of aliphatic carboxylic acids is 1. The monoisotopic (exact) mass is 285 g/mol. The molecule has 0 bridgehead atoms. The summed E-state index contributed by atoms with van der Waals surface area (Å²) in [7, 11) is 0. The van der Waals surface area contributed by atoms with Crippen molar-refractivity contribution >= 4 is 21.9 Å². The third-order valence-corrected chi connectivity index (χ3v) is 3.25. The number of carboxylic acid groups (broad SMARTS) is 1. The lowest BCUT2D eigenvalue weighted by molar-refractivity contribution is -0.140. The Labute approximate surface area is 104 Å². The zero-order chi connectivity index (χ0) is 12.1. The molecule has 3 nitrogen and oxygen atoms in total. The number of hydrogen-bond acceptors (Lipinski definition) is 2. The molecule has 0 heterocycles. The zero-order valence-corrected chi connectivity index (χ0v) is 11.0. The van der Waals surface area contributed by atoms with E-state index in [0.717, 1.165) is 10.0 Å². The zero-order valence-electron chi connectivity index (χ0n) is 9.40. The van der Waals surface area contributed by atoms with E-state index in [1.807, 2.05) is 31.2 Å². The maximum atomic E-state index is 10.7. The SMILES string of the molecule is CC(CN[C@H](C)c1ccccc1Br)C(=O)O. The van der Waals surface area contributed by atoms with Crippen LogP contribution < -0.4 is 5.32 Å². The molecule has 0 aromatic heterocycles. The topological polar surface area (TPSA) is 49.3 Å². The van der Waals surface area contributed by atoms with Crippen LogP contribution in [0.4, 0.5) is 0 Å². The van der Waals surface area contributed by atoms with E-state index in [-0.39, 0.29) is 12.0 Å². The second-order valence-electron chi connectivity index (χ2n) is 3.89. The molecule has 0 radical (unpaired) electrons. The summed E-state index contributed by atoms with van der Waals surface area (Å²) >= 11 is 3.48. The van der Waals surface area contributed by atoms with Crippen LogP contribution in [0.25, 0.3) is 0 Å². The summed E-state index contributed by atoms with van der Waals surface area (Å²) in [6.45, 7) is 4.19. The van der Waals surface area contributed by atoms with Gasteiger partial charge in [0.2, 0.25) is 0 Å². The summed E-state index contributed by atoms with van der Waals surface area (Å²) in [5, 5.41) is 12.0. The predicted molar refractivity (Wildman–Crippen MR) is 67.4 cm³/mol. The highest BCUT2D eigenvalue weighted by Crippen LogP contribution is 2.22. The van der Waals surface area contributed by atoms with E-state index >= 15 is 0 Å². The minimum Gasteiger partial charge on any atom is -0.481 e. The Morgan fingerprint density at radius 1 is 1.44 bits per heavy atom. The van der Waals surface area contributed by atoms with Crippen LogP contribution in [-0.2, 0) is 4.79 Å². The Morgan fingerprint density at radius 3 is 2.62 bits per heavy atom. The maximum absolute atomic E-state index is 10.7. The summed E-state index contributed by atoms with van der Waals surface area (Å²) in [6.07, 6.45) is 0. The van der Waals surface area contributed by atoms with E-state index in [1.165, 1.54) is 0 Å². The number of nitrogens with one attached hydrogen (secondary N) is 1. The highest BCUT2D eigenvalue weighted by atomic mass is 79.9. The first-order valence-corrected chi connectivity index (χ1v) is 6.02. The van der Waals surface area contributed by atoms with Crippen molar-refractivity contribution in [1.82, 2.24) is 5.32 Å². The van der Waals surface area contributed by atoms with Crippen molar-refractivity contribution in [3.8, 4) is 0 Å². The number of carboxylic acids is 1. The Kier molecular flexibility index (Phi) is 4.96. The maximum Gasteiger partial charge on any atom is 0.307 e. The van der Waals surface area contributed by atoms with Crippen LogP contribution in [-0.4, -0.2) is 17.6 Å². The van der Waals surface area contributed by atoms with Gasteiger partial charge in [0.1, 0.15) is 0 Å². The molecule has 4 heteroatoms. The van der Waals surface area contributed by atoms with Gasteiger partial charge in [-0.15, -0.1) is 0 Å². The second kappa shape index (κ2) is 6.01. The summed E-state index contributed by atoms with van der Waals surface area (Å²) in [4.78, 5) is 10.7. The molecule has 2 atom stereocenters. The summed E-state index contributed by atoms with van der Waals surface area (Å²) in [6, 6.07) is 8.07. The van der Waals surface area contributed by atoms with Gasteiger partial charge in [-0.2, -0.15) is 0 Å². The van der Waals surface area contributed by atoms with Gasteiger partial charge in [0, 0.05) is 17.1 Å². The van der Waals surface area contributed by atoms with Gasteiger partial charge in [-0.25, -0.2) is 0 Å². The normalized spacial score (nSPS) is 14.4. The molecule has 1 aromatic carbocycles. The highest BCUT2D eigenvalue weighted by molar-refractivity contribution is 9.10.